The first-order chi connectivity index (χ1) is 16.4. The summed E-state index contributed by atoms with van der Waals surface area (Å²) in [5.41, 5.74) is 6.01. The number of carbonyl (C=O) groups excluding carboxylic acids is 2. The van der Waals surface area contributed by atoms with Crippen LogP contribution in [0.2, 0.25) is 0 Å². The summed E-state index contributed by atoms with van der Waals surface area (Å²) in [5.74, 6) is -1.61. The number of nitrogen functional groups attached to an aromatic ring is 1. The van der Waals surface area contributed by atoms with Gasteiger partial charge in [0.2, 0.25) is 11.5 Å². The number of nitrogens with one attached hydrogen (secondary N) is 1. The number of β-lactam (4-membered cyclic amide) rings is 1. The highest BCUT2D eigenvalue weighted by molar-refractivity contribution is 8.01. The highest BCUT2D eigenvalue weighted by Gasteiger charge is 2.54. The number of aromatic nitrogens is 4. The van der Waals surface area contributed by atoms with E-state index in [-0.39, 0.29) is 28.5 Å². The van der Waals surface area contributed by atoms with Crippen LogP contribution in [0.4, 0.5) is 5.13 Å². The number of hydrogen-bond donors (Lipinski definition) is 3. The molecule has 0 bridgehead atoms. The van der Waals surface area contributed by atoms with Crippen LogP contribution >= 0.6 is 46.6 Å². The molecule has 3 aliphatic rings. The van der Waals surface area contributed by atoms with Crippen molar-refractivity contribution < 1.29 is 24.3 Å². The van der Waals surface area contributed by atoms with Crippen molar-refractivity contribution >= 4 is 75.2 Å². The molecule has 4 N–H and O–H groups in total. The number of thioether (sulfide) groups is 2. The standard InChI is InChI=1S/C17H16N8O5S4/c18-17-21-12(23-34-17)9(22-30-7-1-2-7)13(26)20-10-14(27)25-11(16(28)29)6(5-32-15(10)25)4-31-8-3-19-24-33-8/h3,7,10,15H,1-2,4-5H2,(H,20,26)(H,28,29)(H2,18,21,23)/b22-9+/t10-,15-/m1/s1. The number of rotatable bonds is 9. The van der Waals surface area contributed by atoms with Crippen molar-refractivity contribution in [1.29, 1.82) is 0 Å². The predicted octanol–water partition coefficient (Wildman–Crippen LogP) is 0.386. The molecule has 2 atom stereocenters. The van der Waals surface area contributed by atoms with Crippen LogP contribution in [0.3, 0.4) is 0 Å². The summed E-state index contributed by atoms with van der Waals surface area (Å²) < 4.78 is 8.65. The first kappa shape index (κ1) is 23.0. The van der Waals surface area contributed by atoms with Crippen molar-refractivity contribution in [3.05, 3.63) is 23.3 Å². The van der Waals surface area contributed by atoms with Crippen LogP contribution in [0, 0.1) is 0 Å². The molecule has 2 fully saturated rings. The number of anilines is 1. The number of amides is 2. The lowest BCUT2D eigenvalue weighted by Gasteiger charge is -2.49. The van der Waals surface area contributed by atoms with Gasteiger partial charge in [0.25, 0.3) is 11.8 Å². The highest BCUT2D eigenvalue weighted by atomic mass is 32.2. The van der Waals surface area contributed by atoms with Crippen molar-refractivity contribution in [2.75, 3.05) is 17.2 Å². The molecule has 2 amide bonds. The Kier molecular flexibility index (Phi) is 6.41. The Morgan fingerprint density at radius 3 is 2.85 bits per heavy atom. The third-order valence-electron chi connectivity index (χ3n) is 4.95. The van der Waals surface area contributed by atoms with Crippen molar-refractivity contribution in [2.24, 2.45) is 5.16 Å². The maximum Gasteiger partial charge on any atom is 0.352 e. The maximum atomic E-state index is 13.0. The second-order valence-corrected chi connectivity index (χ2v) is 11.3. The number of carboxylic acids is 1. The molecule has 5 rings (SSSR count). The number of carboxylic acid groups (broad SMARTS) is 1. The maximum absolute atomic E-state index is 13.0. The zero-order valence-electron chi connectivity index (χ0n) is 17.1. The number of nitrogens with two attached hydrogens (primary N) is 1. The summed E-state index contributed by atoms with van der Waals surface area (Å²) in [6.45, 7) is 0. The molecule has 13 nitrogen and oxygen atoms in total. The van der Waals surface area contributed by atoms with Crippen molar-refractivity contribution in [3.8, 4) is 0 Å². The molecule has 17 heteroatoms. The molecular weight excluding hydrogens is 525 g/mol. The molecular formula is C17H16N8O5S4. The fourth-order valence-corrected chi connectivity index (χ4v) is 6.54. The van der Waals surface area contributed by atoms with Gasteiger partial charge in [0.05, 0.1) is 6.20 Å². The minimum absolute atomic E-state index is 0.00330. The van der Waals surface area contributed by atoms with Crippen LogP contribution in [0.1, 0.15) is 18.7 Å². The van der Waals surface area contributed by atoms with Crippen LogP contribution in [-0.4, -0.2) is 81.5 Å². The summed E-state index contributed by atoms with van der Waals surface area (Å²) in [6.07, 6.45) is 3.22. The van der Waals surface area contributed by atoms with Gasteiger partial charge in [-0.3, -0.25) is 14.5 Å². The Morgan fingerprint density at radius 2 is 2.21 bits per heavy atom. The molecule has 34 heavy (non-hydrogen) atoms. The monoisotopic (exact) mass is 540 g/mol. The Hall–Kier alpha value is -2.76. The van der Waals surface area contributed by atoms with Gasteiger partial charge in [-0.05, 0) is 29.9 Å². The van der Waals surface area contributed by atoms with Crippen LogP contribution < -0.4 is 11.1 Å². The molecule has 0 aromatic carbocycles. The van der Waals surface area contributed by atoms with E-state index in [4.69, 9.17) is 10.6 Å². The van der Waals surface area contributed by atoms with Crippen molar-refractivity contribution in [1.82, 2.24) is 29.2 Å². The van der Waals surface area contributed by atoms with Gasteiger partial charge < -0.3 is 21.0 Å². The first-order valence-corrected chi connectivity index (χ1v) is 13.4. The summed E-state index contributed by atoms with van der Waals surface area (Å²) >= 11 is 4.91. The van der Waals surface area contributed by atoms with Crippen LogP contribution in [0.5, 0.6) is 0 Å². The summed E-state index contributed by atoms with van der Waals surface area (Å²) in [4.78, 5) is 48.4. The van der Waals surface area contributed by atoms with E-state index < -0.39 is 29.2 Å². The number of oxime groups is 1. The molecule has 0 radical (unpaired) electrons. The van der Waals surface area contributed by atoms with Crippen molar-refractivity contribution in [2.45, 2.75) is 34.6 Å². The second-order valence-electron chi connectivity index (χ2n) is 7.34. The summed E-state index contributed by atoms with van der Waals surface area (Å²) in [6, 6.07) is -0.922. The molecule has 1 saturated heterocycles. The molecule has 1 aliphatic carbocycles. The lowest BCUT2D eigenvalue weighted by Crippen LogP contribution is -2.71. The molecule has 2 aliphatic heterocycles. The Balaban J connectivity index is 1.31. The van der Waals surface area contributed by atoms with E-state index in [0.717, 1.165) is 28.6 Å². The SMILES string of the molecule is Nc1nc(/C(=N\OC2CC2)C(=O)N[C@@H]2C(=O)N3C(C(=O)O)=C(CSc4cnns4)CS[C@H]23)ns1. The summed E-state index contributed by atoms with van der Waals surface area (Å²) in [5, 5.41) is 19.7. The Bertz CT molecular complexity index is 1190. The third-order valence-corrected chi connectivity index (χ3v) is 8.76. The fourth-order valence-electron chi connectivity index (χ4n) is 3.20. The molecule has 0 spiro atoms. The summed E-state index contributed by atoms with van der Waals surface area (Å²) in [7, 11) is 0. The van der Waals surface area contributed by atoms with Gasteiger partial charge in [0.1, 0.15) is 27.4 Å². The number of aliphatic carboxylic acids is 1. The lowest BCUT2D eigenvalue weighted by molar-refractivity contribution is -0.150. The lowest BCUT2D eigenvalue weighted by atomic mass is 10.0. The number of fused-ring (bicyclic) bond motifs is 1. The molecule has 0 unspecified atom stereocenters. The molecule has 178 valence electrons. The quantitative estimate of drug-likeness (QED) is 0.172. The topological polar surface area (TPSA) is 186 Å². The van der Waals surface area contributed by atoms with Crippen LogP contribution in [0.15, 0.2) is 26.8 Å². The average molecular weight is 541 g/mol. The molecule has 4 heterocycles. The number of hydrogen-bond acceptors (Lipinski definition) is 14. The smallest absolute Gasteiger partial charge is 0.352 e. The largest absolute Gasteiger partial charge is 0.477 e. The second kappa shape index (κ2) is 9.47. The number of nitrogens with zero attached hydrogens (tertiary/aromatic N) is 6. The van der Waals surface area contributed by atoms with E-state index in [1.165, 1.54) is 40.0 Å². The zero-order chi connectivity index (χ0) is 23.8. The van der Waals surface area contributed by atoms with Gasteiger partial charge >= 0.3 is 5.97 Å². The highest BCUT2D eigenvalue weighted by Crippen LogP contribution is 2.41. The minimum Gasteiger partial charge on any atom is -0.477 e. The van der Waals surface area contributed by atoms with Gasteiger partial charge in [-0.2, -0.15) is 9.36 Å². The van der Waals surface area contributed by atoms with E-state index in [2.05, 4.69) is 29.4 Å². The normalized spacial score (nSPS) is 22.3. The third kappa shape index (κ3) is 4.59. The van der Waals surface area contributed by atoms with Crippen LogP contribution in [0.25, 0.3) is 0 Å². The van der Waals surface area contributed by atoms with Gasteiger partial charge in [0.15, 0.2) is 5.13 Å². The fraction of sp³-hybridized carbons (Fsp3) is 0.412. The van der Waals surface area contributed by atoms with E-state index in [1.54, 1.807) is 6.20 Å². The Morgan fingerprint density at radius 1 is 1.38 bits per heavy atom. The minimum atomic E-state index is -1.19. The molecule has 1 saturated carbocycles. The van der Waals surface area contributed by atoms with E-state index in [0.29, 0.717) is 17.1 Å². The van der Waals surface area contributed by atoms with E-state index >= 15 is 0 Å². The van der Waals surface area contributed by atoms with E-state index in [1.807, 2.05) is 0 Å². The van der Waals surface area contributed by atoms with E-state index in [9.17, 15) is 19.5 Å². The first-order valence-electron chi connectivity index (χ1n) is 9.86. The zero-order valence-corrected chi connectivity index (χ0v) is 20.4. The number of carbonyl (C=O) groups is 3. The van der Waals surface area contributed by atoms with Gasteiger partial charge in [-0.15, -0.1) is 28.6 Å². The predicted molar refractivity (Wildman–Crippen MR) is 125 cm³/mol. The Labute approximate surface area is 208 Å². The average Bonchev–Trinajstić information content (AvgIpc) is 3.30. The van der Waals surface area contributed by atoms with Crippen molar-refractivity contribution in [3.63, 3.8) is 0 Å². The molecule has 2 aromatic rings. The van der Waals surface area contributed by atoms with Gasteiger partial charge in [0, 0.05) is 23.0 Å². The van der Waals surface area contributed by atoms with Crippen LogP contribution in [-0.2, 0) is 19.2 Å². The molecule has 2 aromatic heterocycles. The van der Waals surface area contributed by atoms with Gasteiger partial charge in [-0.25, -0.2) is 4.79 Å². The van der Waals surface area contributed by atoms with Gasteiger partial charge in [-0.1, -0.05) is 9.64 Å².